The Morgan fingerprint density at radius 2 is 0.652 bits per heavy atom. The molecule has 0 aromatic heterocycles. The maximum absolute atomic E-state index is 12.3. The zero-order valence-corrected chi connectivity index (χ0v) is 27.3. The number of carbonyl (C=O) groups excluding carboxylic acids is 6. The molecule has 0 unspecified atom stereocenters. The maximum atomic E-state index is 12.3. The van der Waals surface area contributed by atoms with Crippen LogP contribution >= 0.6 is 0 Å². The predicted molar refractivity (Wildman–Crippen MR) is 166 cm³/mol. The predicted octanol–water partition coefficient (Wildman–Crippen LogP) is 3.30. The average molecular weight is 649 g/mol. The molecule has 0 saturated heterocycles. The summed E-state index contributed by atoms with van der Waals surface area (Å²) in [5.41, 5.74) is -2.72. The van der Waals surface area contributed by atoms with Crippen molar-refractivity contribution < 1.29 is 61.9 Å². The van der Waals surface area contributed by atoms with E-state index in [1.165, 1.54) is 34.6 Å². The van der Waals surface area contributed by atoms with Gasteiger partial charge in [-0.25, -0.2) is 28.8 Å². The van der Waals surface area contributed by atoms with Crippen LogP contribution in [0.25, 0.3) is 0 Å². The first-order valence-electron chi connectivity index (χ1n) is 13.8. The molecule has 0 spiro atoms. The summed E-state index contributed by atoms with van der Waals surface area (Å²) in [5.74, 6) is -4.76. The largest absolute Gasteiger partial charge is 0.462 e. The molecule has 0 rings (SSSR count). The fourth-order valence-electron chi connectivity index (χ4n) is 2.98. The Labute approximate surface area is 269 Å². The highest BCUT2D eigenvalue weighted by atomic mass is 16.6. The van der Waals surface area contributed by atoms with E-state index >= 15 is 0 Å². The van der Waals surface area contributed by atoms with Crippen LogP contribution in [0.1, 0.15) is 34.6 Å². The molecule has 0 aliphatic carbocycles. The van der Waals surface area contributed by atoms with Crippen molar-refractivity contribution in [3.05, 3.63) is 73.4 Å². The van der Waals surface area contributed by atoms with Crippen molar-refractivity contribution in [1.29, 1.82) is 0 Å². The maximum Gasteiger partial charge on any atom is 0.333 e. The van der Waals surface area contributed by atoms with Gasteiger partial charge in [0.15, 0.2) is 0 Å². The molecule has 0 heterocycles. The van der Waals surface area contributed by atoms with E-state index in [0.717, 1.165) is 6.08 Å². The van der Waals surface area contributed by atoms with Crippen molar-refractivity contribution in [2.24, 2.45) is 10.8 Å². The Morgan fingerprint density at radius 1 is 0.435 bits per heavy atom. The van der Waals surface area contributed by atoms with Crippen LogP contribution in [0.4, 0.5) is 0 Å². The van der Waals surface area contributed by atoms with Crippen molar-refractivity contribution in [1.82, 2.24) is 0 Å². The van der Waals surface area contributed by atoms with Crippen molar-refractivity contribution in [2.75, 3.05) is 52.9 Å². The molecule has 0 bridgehead atoms. The molecule has 0 radical (unpaired) electrons. The fraction of sp³-hybridized carbons (Fsp3) is 0.455. The number of esters is 6. The minimum atomic E-state index is -1.52. The van der Waals surface area contributed by atoms with Crippen LogP contribution in [0, 0.1) is 10.8 Å². The molecular weight excluding hydrogens is 604 g/mol. The van der Waals surface area contributed by atoms with Gasteiger partial charge in [0.05, 0.1) is 24.0 Å². The molecule has 0 saturated carbocycles. The van der Waals surface area contributed by atoms with E-state index in [0.29, 0.717) is 0 Å². The van der Waals surface area contributed by atoms with E-state index in [4.69, 9.17) is 33.2 Å². The van der Waals surface area contributed by atoms with Crippen LogP contribution in [0.15, 0.2) is 73.4 Å². The Kier molecular flexibility index (Phi) is 17.5. The molecule has 46 heavy (non-hydrogen) atoms. The lowest BCUT2D eigenvalue weighted by atomic mass is 9.90. The van der Waals surface area contributed by atoms with E-state index in [2.05, 4.69) is 39.5 Å². The highest BCUT2D eigenvalue weighted by Gasteiger charge is 2.41. The topological polar surface area (TPSA) is 167 Å². The van der Waals surface area contributed by atoms with Gasteiger partial charge in [-0.05, 0) is 34.6 Å². The van der Waals surface area contributed by atoms with E-state index in [1.54, 1.807) is 0 Å². The van der Waals surface area contributed by atoms with Crippen molar-refractivity contribution in [3.63, 3.8) is 0 Å². The van der Waals surface area contributed by atoms with Gasteiger partial charge in [-0.2, -0.15) is 0 Å². The Morgan fingerprint density at radius 3 is 0.848 bits per heavy atom. The summed E-state index contributed by atoms with van der Waals surface area (Å²) in [6, 6.07) is 0. The van der Waals surface area contributed by atoms with E-state index < -0.39 is 99.5 Å². The Bertz CT molecular complexity index is 1150. The molecule has 13 heteroatoms. The first-order valence-corrected chi connectivity index (χ1v) is 13.8. The standard InChI is InChI=1S/C33H44O13/c1-12-26(34)41-15-32(16-42-27(35)21(2)3,17-43-28(36)22(4)5)13-40-14-33(18-44-29(37)23(6)7,19-45-30(38)24(8)9)20-46-31(39)25(10)11/h12H,1-2,4,6,8,10,13-20H2,3,5,7,9,11H3. The minimum absolute atomic E-state index is 0.0637. The highest BCUT2D eigenvalue weighted by molar-refractivity contribution is 5.88. The van der Waals surface area contributed by atoms with Crippen molar-refractivity contribution in [3.8, 4) is 0 Å². The minimum Gasteiger partial charge on any atom is -0.462 e. The second kappa shape index (κ2) is 19.6. The monoisotopic (exact) mass is 648 g/mol. The van der Waals surface area contributed by atoms with Crippen LogP contribution in [0.3, 0.4) is 0 Å². The molecule has 0 atom stereocenters. The number of ether oxygens (including phenoxy) is 7. The van der Waals surface area contributed by atoms with E-state index in [9.17, 15) is 28.8 Å². The summed E-state index contributed by atoms with van der Waals surface area (Å²) >= 11 is 0. The molecule has 0 amide bonds. The van der Waals surface area contributed by atoms with Crippen LogP contribution in [0.5, 0.6) is 0 Å². The number of hydrogen-bond acceptors (Lipinski definition) is 13. The summed E-state index contributed by atoms with van der Waals surface area (Å²) in [6.45, 7) is 24.3. The third-order valence-electron chi connectivity index (χ3n) is 5.79. The highest BCUT2D eigenvalue weighted by Crippen LogP contribution is 2.27. The van der Waals surface area contributed by atoms with E-state index in [1.807, 2.05) is 0 Å². The van der Waals surface area contributed by atoms with Crippen LogP contribution in [-0.2, 0) is 61.9 Å². The van der Waals surface area contributed by atoms with Gasteiger partial charge in [0.1, 0.15) is 39.6 Å². The van der Waals surface area contributed by atoms with Crippen molar-refractivity contribution >= 4 is 35.8 Å². The van der Waals surface area contributed by atoms with Gasteiger partial charge in [0, 0.05) is 33.9 Å². The zero-order valence-electron chi connectivity index (χ0n) is 27.3. The molecule has 0 N–H and O–H groups in total. The normalized spacial score (nSPS) is 10.8. The van der Waals surface area contributed by atoms with Gasteiger partial charge in [0.2, 0.25) is 0 Å². The number of carbonyl (C=O) groups is 6. The summed E-state index contributed by atoms with van der Waals surface area (Å²) in [5, 5.41) is 0. The summed E-state index contributed by atoms with van der Waals surface area (Å²) in [4.78, 5) is 73.6. The van der Waals surface area contributed by atoms with E-state index in [-0.39, 0.29) is 27.9 Å². The molecular formula is C33H44O13. The van der Waals surface area contributed by atoms with Gasteiger partial charge < -0.3 is 33.2 Å². The Hall–Kier alpha value is -4.78. The number of rotatable bonds is 22. The zero-order chi connectivity index (χ0) is 35.7. The summed E-state index contributed by atoms with van der Waals surface area (Å²) < 4.78 is 38.0. The lowest BCUT2D eigenvalue weighted by molar-refractivity contribution is -0.170. The smallest absolute Gasteiger partial charge is 0.333 e. The first-order chi connectivity index (χ1) is 21.3. The average Bonchev–Trinajstić information content (AvgIpc) is 3.00. The van der Waals surface area contributed by atoms with Crippen molar-refractivity contribution in [2.45, 2.75) is 34.6 Å². The SMILES string of the molecule is C=CC(=O)OCC(COCC(COC(=O)C(=C)C)(COC(=O)C(=C)C)COC(=O)C(=C)C)(COC(=O)C(=C)C)COC(=O)C(=C)C. The van der Waals surface area contributed by atoms with Gasteiger partial charge in [-0.1, -0.05) is 39.5 Å². The first kappa shape index (κ1) is 41.2. The van der Waals surface area contributed by atoms with Crippen LogP contribution in [-0.4, -0.2) is 88.7 Å². The molecule has 0 aliphatic heterocycles. The fourth-order valence-corrected chi connectivity index (χ4v) is 2.98. The second-order valence-corrected chi connectivity index (χ2v) is 11.1. The number of hydrogen-bond donors (Lipinski definition) is 0. The quantitative estimate of drug-likeness (QED) is 0.0954. The molecule has 0 fully saturated rings. The molecule has 0 aromatic carbocycles. The van der Waals surface area contributed by atoms with Gasteiger partial charge in [-0.3, -0.25) is 0 Å². The third kappa shape index (κ3) is 15.3. The lowest BCUT2D eigenvalue weighted by Crippen LogP contribution is -2.47. The second-order valence-electron chi connectivity index (χ2n) is 11.1. The van der Waals surface area contributed by atoms with Gasteiger partial charge in [-0.15, -0.1) is 0 Å². The third-order valence-corrected chi connectivity index (χ3v) is 5.79. The van der Waals surface area contributed by atoms with Gasteiger partial charge in [0.25, 0.3) is 0 Å². The molecule has 0 aliphatic rings. The Balaban J connectivity index is 6.66. The van der Waals surface area contributed by atoms with Gasteiger partial charge >= 0.3 is 35.8 Å². The van der Waals surface area contributed by atoms with Crippen LogP contribution < -0.4 is 0 Å². The summed E-state index contributed by atoms with van der Waals surface area (Å²) in [7, 11) is 0. The lowest BCUT2D eigenvalue weighted by Gasteiger charge is -2.35. The molecule has 0 aromatic rings. The molecule has 254 valence electrons. The summed E-state index contributed by atoms with van der Waals surface area (Å²) in [6.07, 6.45) is 0.901. The van der Waals surface area contributed by atoms with Crippen LogP contribution in [0.2, 0.25) is 0 Å². The molecule has 13 nitrogen and oxygen atoms in total.